The fraction of sp³-hybridized carbons (Fsp3) is 0.269. The van der Waals surface area contributed by atoms with Gasteiger partial charge in [0.05, 0.1) is 11.0 Å². The first-order valence-electron chi connectivity index (χ1n) is 10.8. The molecule has 2 heterocycles. The first kappa shape index (κ1) is 21.7. The second-order valence-electron chi connectivity index (χ2n) is 8.24. The molecule has 1 saturated heterocycles. The highest BCUT2D eigenvalue weighted by atomic mass is 19.1. The Kier molecular flexibility index (Phi) is 6.30. The van der Waals surface area contributed by atoms with Crippen LogP contribution in [0.25, 0.3) is 11.1 Å². The van der Waals surface area contributed by atoms with Gasteiger partial charge >= 0.3 is 0 Å². The van der Waals surface area contributed by atoms with Gasteiger partial charge in [-0.25, -0.2) is 4.39 Å². The van der Waals surface area contributed by atoms with Crippen LogP contribution in [0.15, 0.2) is 73.1 Å². The van der Waals surface area contributed by atoms with E-state index in [1.807, 2.05) is 31.2 Å². The average Bonchev–Trinajstić information content (AvgIpc) is 3.25. The maximum atomic E-state index is 13.3. The van der Waals surface area contributed by atoms with Crippen LogP contribution in [0, 0.1) is 11.2 Å². The molecule has 2 aromatic carbocycles. The summed E-state index contributed by atoms with van der Waals surface area (Å²) >= 11 is 0. The lowest BCUT2D eigenvalue weighted by molar-refractivity contribution is -0.130. The number of benzene rings is 2. The minimum Gasteiger partial charge on any atom is -0.356 e. The van der Waals surface area contributed by atoms with Crippen molar-refractivity contribution in [3.05, 3.63) is 90.0 Å². The molecule has 0 radical (unpaired) electrons. The zero-order valence-corrected chi connectivity index (χ0v) is 18.1. The van der Waals surface area contributed by atoms with Gasteiger partial charge in [-0.3, -0.25) is 14.6 Å². The molecular formula is C26H26FN3O2. The SMILES string of the molecule is CCNC(=O)C1(Cc2cccc(-c3ccc(F)cc3)c2)CCN(C(=O)c2cccnc2)C1. The fourth-order valence-corrected chi connectivity index (χ4v) is 4.37. The van der Waals surface area contributed by atoms with E-state index in [1.54, 1.807) is 41.6 Å². The Hall–Kier alpha value is -3.54. The van der Waals surface area contributed by atoms with Gasteiger partial charge < -0.3 is 10.2 Å². The van der Waals surface area contributed by atoms with Crippen LogP contribution in [0.2, 0.25) is 0 Å². The highest BCUT2D eigenvalue weighted by Crippen LogP contribution is 2.36. The number of nitrogens with zero attached hydrogens (tertiary/aromatic N) is 2. The van der Waals surface area contributed by atoms with Crippen LogP contribution in [-0.2, 0) is 11.2 Å². The van der Waals surface area contributed by atoms with Crippen LogP contribution in [0.1, 0.15) is 29.3 Å². The van der Waals surface area contributed by atoms with Gasteiger partial charge in [0.25, 0.3) is 5.91 Å². The molecule has 0 aliphatic carbocycles. The quantitative estimate of drug-likeness (QED) is 0.639. The molecule has 1 N–H and O–H groups in total. The number of carbonyl (C=O) groups excluding carboxylic acids is 2. The Labute approximate surface area is 187 Å². The zero-order valence-electron chi connectivity index (χ0n) is 18.1. The molecule has 0 spiro atoms. The average molecular weight is 432 g/mol. The third kappa shape index (κ3) is 4.54. The smallest absolute Gasteiger partial charge is 0.255 e. The number of hydrogen-bond donors (Lipinski definition) is 1. The van der Waals surface area contributed by atoms with E-state index in [2.05, 4.69) is 10.3 Å². The van der Waals surface area contributed by atoms with Crippen LogP contribution < -0.4 is 5.32 Å². The van der Waals surface area contributed by atoms with Crippen LogP contribution in [0.5, 0.6) is 0 Å². The van der Waals surface area contributed by atoms with E-state index >= 15 is 0 Å². The Morgan fingerprint density at radius 3 is 2.62 bits per heavy atom. The minimum absolute atomic E-state index is 0.0336. The van der Waals surface area contributed by atoms with Gasteiger partial charge in [-0.05, 0) is 60.7 Å². The maximum Gasteiger partial charge on any atom is 0.255 e. The van der Waals surface area contributed by atoms with E-state index in [1.165, 1.54) is 12.1 Å². The summed E-state index contributed by atoms with van der Waals surface area (Å²) in [6.45, 7) is 3.30. The third-order valence-electron chi connectivity index (χ3n) is 6.02. The number of hydrogen-bond acceptors (Lipinski definition) is 3. The number of aromatic nitrogens is 1. The monoisotopic (exact) mass is 431 g/mol. The summed E-state index contributed by atoms with van der Waals surface area (Å²) < 4.78 is 13.3. The predicted molar refractivity (Wildman–Crippen MR) is 121 cm³/mol. The lowest BCUT2D eigenvalue weighted by atomic mass is 9.79. The van der Waals surface area contributed by atoms with Gasteiger partial charge in [0, 0.05) is 32.0 Å². The summed E-state index contributed by atoms with van der Waals surface area (Å²) in [5, 5.41) is 2.97. The highest BCUT2D eigenvalue weighted by Gasteiger charge is 2.45. The van der Waals surface area contributed by atoms with E-state index in [-0.39, 0.29) is 17.6 Å². The summed E-state index contributed by atoms with van der Waals surface area (Å²) in [6, 6.07) is 17.8. The van der Waals surface area contributed by atoms with Gasteiger partial charge in [-0.1, -0.05) is 36.4 Å². The number of halogens is 1. The van der Waals surface area contributed by atoms with E-state index in [4.69, 9.17) is 0 Å². The number of likely N-dealkylation sites (tertiary alicyclic amines) is 1. The zero-order chi connectivity index (χ0) is 22.6. The largest absolute Gasteiger partial charge is 0.356 e. The molecule has 1 aromatic heterocycles. The number of rotatable bonds is 6. The molecule has 5 nitrogen and oxygen atoms in total. The molecular weight excluding hydrogens is 405 g/mol. The molecule has 1 aliphatic rings. The van der Waals surface area contributed by atoms with Crippen molar-refractivity contribution in [1.29, 1.82) is 0 Å². The van der Waals surface area contributed by atoms with Crippen LogP contribution in [0.3, 0.4) is 0 Å². The van der Waals surface area contributed by atoms with Gasteiger partial charge in [-0.2, -0.15) is 0 Å². The summed E-state index contributed by atoms with van der Waals surface area (Å²) in [7, 11) is 0. The Bertz CT molecular complexity index is 1100. The van der Waals surface area contributed by atoms with Crippen molar-refractivity contribution in [1.82, 2.24) is 15.2 Å². The van der Waals surface area contributed by atoms with Gasteiger partial charge in [-0.15, -0.1) is 0 Å². The van der Waals surface area contributed by atoms with E-state index in [0.29, 0.717) is 38.0 Å². The topological polar surface area (TPSA) is 62.3 Å². The molecule has 32 heavy (non-hydrogen) atoms. The van der Waals surface area contributed by atoms with Gasteiger partial charge in [0.15, 0.2) is 0 Å². The van der Waals surface area contributed by atoms with E-state index < -0.39 is 5.41 Å². The number of amides is 2. The van der Waals surface area contributed by atoms with Crippen molar-refractivity contribution in [3.63, 3.8) is 0 Å². The lowest BCUT2D eigenvalue weighted by Gasteiger charge is -2.28. The number of carbonyl (C=O) groups is 2. The molecule has 2 amide bonds. The molecule has 0 saturated carbocycles. The van der Waals surface area contributed by atoms with Crippen LogP contribution >= 0.6 is 0 Å². The molecule has 3 aromatic rings. The molecule has 164 valence electrons. The Morgan fingerprint density at radius 2 is 1.91 bits per heavy atom. The van der Waals surface area contributed by atoms with Gasteiger partial charge in [0.2, 0.25) is 5.91 Å². The molecule has 4 rings (SSSR count). The molecule has 1 fully saturated rings. The second-order valence-corrected chi connectivity index (χ2v) is 8.24. The molecule has 1 aliphatic heterocycles. The maximum absolute atomic E-state index is 13.3. The fourth-order valence-electron chi connectivity index (χ4n) is 4.37. The van der Waals surface area contributed by atoms with Crippen molar-refractivity contribution >= 4 is 11.8 Å². The first-order valence-corrected chi connectivity index (χ1v) is 10.8. The highest BCUT2D eigenvalue weighted by molar-refractivity contribution is 5.95. The van der Waals surface area contributed by atoms with Crippen molar-refractivity contribution in [2.45, 2.75) is 19.8 Å². The van der Waals surface area contributed by atoms with E-state index in [9.17, 15) is 14.0 Å². The Morgan fingerprint density at radius 1 is 1.09 bits per heavy atom. The number of pyridine rings is 1. The third-order valence-corrected chi connectivity index (χ3v) is 6.02. The van der Waals surface area contributed by atoms with Crippen molar-refractivity contribution in [2.75, 3.05) is 19.6 Å². The molecule has 1 atom stereocenters. The van der Waals surface area contributed by atoms with Gasteiger partial charge in [0.1, 0.15) is 5.82 Å². The number of nitrogens with one attached hydrogen (secondary N) is 1. The van der Waals surface area contributed by atoms with Crippen molar-refractivity contribution in [2.24, 2.45) is 5.41 Å². The second kappa shape index (κ2) is 9.30. The summed E-state index contributed by atoms with van der Waals surface area (Å²) in [4.78, 5) is 31.9. The van der Waals surface area contributed by atoms with E-state index in [0.717, 1.165) is 16.7 Å². The van der Waals surface area contributed by atoms with Crippen molar-refractivity contribution in [3.8, 4) is 11.1 Å². The molecule has 1 unspecified atom stereocenters. The summed E-state index contributed by atoms with van der Waals surface area (Å²) in [6.07, 6.45) is 4.30. The lowest BCUT2D eigenvalue weighted by Crippen LogP contribution is -2.45. The Balaban J connectivity index is 1.59. The standard InChI is InChI=1S/C26H26FN3O2/c1-2-29-25(32)26(12-14-30(18-26)24(31)22-7-4-13-28-17-22)16-19-5-3-6-21(15-19)20-8-10-23(27)11-9-20/h3-11,13,15,17H,2,12,14,16,18H2,1H3,(H,29,32). The van der Waals surface area contributed by atoms with Crippen molar-refractivity contribution < 1.29 is 14.0 Å². The van der Waals surface area contributed by atoms with Crippen LogP contribution in [-0.4, -0.2) is 41.3 Å². The molecule has 6 heteroatoms. The summed E-state index contributed by atoms with van der Waals surface area (Å²) in [5.41, 5.74) is 2.72. The van der Waals surface area contributed by atoms with Crippen LogP contribution in [0.4, 0.5) is 4.39 Å². The first-order chi connectivity index (χ1) is 15.5. The minimum atomic E-state index is -0.699. The predicted octanol–water partition coefficient (Wildman–Crippen LogP) is 4.10. The normalized spacial score (nSPS) is 17.9. The summed E-state index contributed by atoms with van der Waals surface area (Å²) in [5.74, 6) is -0.414. The molecule has 0 bridgehead atoms.